The van der Waals surface area contributed by atoms with Gasteiger partial charge in [0.15, 0.2) is 0 Å². The van der Waals surface area contributed by atoms with Crippen LogP contribution in [-0.4, -0.2) is 22.5 Å². The number of hydrogen-bond acceptors (Lipinski definition) is 2. The van der Waals surface area contributed by atoms with Crippen LogP contribution in [0.15, 0.2) is 30.3 Å². The fourth-order valence-electron chi connectivity index (χ4n) is 2.46. The Balaban J connectivity index is 2.82. The van der Waals surface area contributed by atoms with Crippen molar-refractivity contribution >= 4 is 11.9 Å². The van der Waals surface area contributed by atoms with Crippen LogP contribution in [0.4, 0.5) is 0 Å². The summed E-state index contributed by atoms with van der Waals surface area (Å²) in [5, 5.41) is 12.0. The van der Waals surface area contributed by atoms with Crippen molar-refractivity contribution in [3.63, 3.8) is 0 Å². The highest BCUT2D eigenvalue weighted by Crippen LogP contribution is 2.28. The summed E-state index contributed by atoms with van der Waals surface area (Å²) >= 11 is 0. The van der Waals surface area contributed by atoms with Crippen molar-refractivity contribution in [3.05, 3.63) is 35.9 Å². The summed E-state index contributed by atoms with van der Waals surface area (Å²) in [6.45, 7) is 9.67. The van der Waals surface area contributed by atoms with Crippen molar-refractivity contribution in [2.24, 2.45) is 5.92 Å². The fraction of sp³-hybridized carbons (Fsp3) is 0.556. The molecule has 122 valence electrons. The molecule has 0 saturated heterocycles. The van der Waals surface area contributed by atoms with Crippen molar-refractivity contribution in [1.29, 1.82) is 0 Å². The molecule has 0 fully saturated rings. The number of aliphatic carboxylic acids is 1. The summed E-state index contributed by atoms with van der Waals surface area (Å²) in [6, 6.07) is 9.87. The van der Waals surface area contributed by atoms with E-state index >= 15 is 0 Å². The molecule has 0 heterocycles. The minimum atomic E-state index is -0.904. The van der Waals surface area contributed by atoms with E-state index in [1.165, 1.54) is 0 Å². The highest BCUT2D eigenvalue weighted by atomic mass is 16.4. The molecule has 1 aromatic carbocycles. The molecule has 0 aliphatic carbocycles. The first-order valence-electron chi connectivity index (χ1n) is 7.65. The van der Waals surface area contributed by atoms with Crippen molar-refractivity contribution in [3.8, 4) is 0 Å². The Labute approximate surface area is 132 Å². The van der Waals surface area contributed by atoms with Gasteiger partial charge in [-0.25, -0.2) is 0 Å². The van der Waals surface area contributed by atoms with Gasteiger partial charge in [-0.15, -0.1) is 0 Å². The zero-order valence-corrected chi connectivity index (χ0v) is 14.1. The molecular formula is C18H27NO3. The van der Waals surface area contributed by atoms with Crippen LogP contribution < -0.4 is 5.32 Å². The van der Waals surface area contributed by atoms with E-state index in [2.05, 4.69) is 5.32 Å². The number of nitrogens with one attached hydrogen (secondary N) is 1. The summed E-state index contributed by atoms with van der Waals surface area (Å²) in [5.74, 6) is -0.988. The topological polar surface area (TPSA) is 66.4 Å². The molecule has 1 aromatic rings. The summed E-state index contributed by atoms with van der Waals surface area (Å²) in [5.41, 5.74) is 0.0527. The molecule has 2 N–H and O–H groups in total. The molecule has 4 heteroatoms. The summed E-state index contributed by atoms with van der Waals surface area (Å²) in [7, 11) is 0. The van der Waals surface area contributed by atoms with Gasteiger partial charge in [0, 0.05) is 12.0 Å². The van der Waals surface area contributed by atoms with E-state index in [-0.39, 0.29) is 23.7 Å². The number of hydrogen-bond donors (Lipinski definition) is 2. The molecule has 0 spiro atoms. The molecule has 1 atom stereocenters. The highest BCUT2D eigenvalue weighted by Gasteiger charge is 2.34. The molecule has 0 radical (unpaired) electrons. The number of benzene rings is 1. The second kappa shape index (κ2) is 6.95. The normalized spacial score (nSPS) is 14.5. The van der Waals surface area contributed by atoms with Crippen LogP contribution in [-0.2, 0) is 15.0 Å². The number of carbonyl (C=O) groups excluding carboxylic acids is 1. The van der Waals surface area contributed by atoms with E-state index < -0.39 is 11.5 Å². The smallest absolute Gasteiger partial charge is 0.305 e. The number of carbonyl (C=O) groups is 2. The predicted molar refractivity (Wildman–Crippen MR) is 87.7 cm³/mol. The lowest BCUT2D eigenvalue weighted by Crippen LogP contribution is -2.52. The fourth-order valence-corrected chi connectivity index (χ4v) is 2.46. The van der Waals surface area contributed by atoms with Crippen LogP contribution in [0.1, 0.15) is 53.0 Å². The molecule has 0 aliphatic heterocycles. The van der Waals surface area contributed by atoms with E-state index in [1.54, 1.807) is 6.92 Å². The molecule has 4 nitrogen and oxygen atoms in total. The van der Waals surface area contributed by atoms with Crippen LogP contribution >= 0.6 is 0 Å². The van der Waals surface area contributed by atoms with Crippen molar-refractivity contribution in [2.45, 2.75) is 58.4 Å². The van der Waals surface area contributed by atoms with Crippen LogP contribution in [0.2, 0.25) is 0 Å². The lowest BCUT2D eigenvalue weighted by atomic mass is 9.80. The summed E-state index contributed by atoms with van der Waals surface area (Å²) in [4.78, 5) is 23.5. The van der Waals surface area contributed by atoms with Gasteiger partial charge in [0.2, 0.25) is 5.91 Å². The van der Waals surface area contributed by atoms with Crippen LogP contribution in [0, 0.1) is 5.92 Å². The summed E-state index contributed by atoms with van der Waals surface area (Å²) < 4.78 is 0. The Hall–Kier alpha value is -1.84. The minimum Gasteiger partial charge on any atom is -0.481 e. The lowest BCUT2D eigenvalue weighted by molar-refractivity contribution is -0.139. The molecule has 1 rings (SSSR count). The molecule has 1 amide bonds. The van der Waals surface area contributed by atoms with Gasteiger partial charge in [-0.05, 0) is 23.8 Å². The van der Waals surface area contributed by atoms with Crippen molar-refractivity contribution in [1.82, 2.24) is 5.32 Å². The summed E-state index contributed by atoms with van der Waals surface area (Å²) in [6.07, 6.45) is 0.237. The quantitative estimate of drug-likeness (QED) is 0.811. The third-order valence-corrected chi connectivity index (χ3v) is 4.38. The number of carboxylic acid groups (broad SMARTS) is 1. The standard InChI is InChI=1S/C18H27NO3/c1-13(2)18(5,12-16(21)22)19-15(20)11-17(3,4)14-9-7-6-8-10-14/h6-10,13H,11-12H2,1-5H3,(H,19,20)(H,21,22). The average Bonchev–Trinajstić information content (AvgIpc) is 2.37. The van der Waals surface area contributed by atoms with E-state index in [9.17, 15) is 9.59 Å². The zero-order chi connectivity index (χ0) is 17.0. The van der Waals surface area contributed by atoms with E-state index in [0.717, 1.165) is 5.56 Å². The molecule has 1 unspecified atom stereocenters. The number of amides is 1. The molecule has 0 aromatic heterocycles. The van der Waals surface area contributed by atoms with Crippen molar-refractivity contribution < 1.29 is 14.7 Å². The monoisotopic (exact) mass is 305 g/mol. The Bertz CT molecular complexity index is 522. The molecule has 22 heavy (non-hydrogen) atoms. The van der Waals surface area contributed by atoms with Gasteiger partial charge in [0.05, 0.1) is 6.42 Å². The molecule has 0 bridgehead atoms. The maximum Gasteiger partial charge on any atom is 0.305 e. The third kappa shape index (κ3) is 4.86. The second-order valence-corrected chi connectivity index (χ2v) is 7.12. The SMILES string of the molecule is CC(C)C(C)(CC(=O)O)NC(=O)CC(C)(C)c1ccccc1. The first-order chi connectivity index (χ1) is 10.1. The number of rotatable bonds is 7. The second-order valence-electron chi connectivity index (χ2n) is 7.12. The van der Waals surface area contributed by atoms with Crippen LogP contribution in [0.3, 0.4) is 0 Å². The Morgan fingerprint density at radius 1 is 1.09 bits per heavy atom. The first-order valence-corrected chi connectivity index (χ1v) is 7.65. The third-order valence-electron chi connectivity index (χ3n) is 4.38. The molecular weight excluding hydrogens is 278 g/mol. The van der Waals surface area contributed by atoms with Gasteiger partial charge in [-0.3, -0.25) is 9.59 Å². The maximum absolute atomic E-state index is 12.4. The van der Waals surface area contributed by atoms with E-state index in [0.29, 0.717) is 6.42 Å². The van der Waals surface area contributed by atoms with Gasteiger partial charge < -0.3 is 10.4 Å². The Kier molecular flexibility index (Phi) is 5.75. The largest absolute Gasteiger partial charge is 0.481 e. The zero-order valence-electron chi connectivity index (χ0n) is 14.1. The average molecular weight is 305 g/mol. The minimum absolute atomic E-state index is 0.0346. The predicted octanol–water partition coefficient (Wildman–Crippen LogP) is 3.36. The van der Waals surface area contributed by atoms with E-state index in [4.69, 9.17) is 5.11 Å². The van der Waals surface area contributed by atoms with Gasteiger partial charge in [0.1, 0.15) is 0 Å². The maximum atomic E-state index is 12.4. The van der Waals surface area contributed by atoms with Gasteiger partial charge in [-0.1, -0.05) is 58.0 Å². The van der Waals surface area contributed by atoms with Gasteiger partial charge in [0.25, 0.3) is 0 Å². The van der Waals surface area contributed by atoms with Gasteiger partial charge in [-0.2, -0.15) is 0 Å². The van der Waals surface area contributed by atoms with Crippen LogP contribution in [0.5, 0.6) is 0 Å². The van der Waals surface area contributed by atoms with E-state index in [1.807, 2.05) is 58.0 Å². The highest BCUT2D eigenvalue weighted by molar-refractivity contribution is 5.79. The molecule has 0 saturated carbocycles. The number of carboxylic acids is 1. The lowest BCUT2D eigenvalue weighted by Gasteiger charge is -2.35. The first kappa shape index (κ1) is 18.2. The van der Waals surface area contributed by atoms with Crippen LogP contribution in [0.25, 0.3) is 0 Å². The Morgan fingerprint density at radius 3 is 2.09 bits per heavy atom. The Morgan fingerprint density at radius 2 is 1.64 bits per heavy atom. The van der Waals surface area contributed by atoms with Gasteiger partial charge >= 0.3 is 5.97 Å². The molecule has 0 aliphatic rings. The van der Waals surface area contributed by atoms with Crippen molar-refractivity contribution in [2.75, 3.05) is 0 Å².